The number of rotatable bonds is 6. The highest BCUT2D eigenvalue weighted by atomic mass is 19.2. The van der Waals surface area contributed by atoms with E-state index >= 15 is 0 Å². The van der Waals surface area contributed by atoms with Crippen LogP contribution in [0.1, 0.15) is 36.9 Å². The lowest BCUT2D eigenvalue weighted by Gasteiger charge is -2.40. The largest absolute Gasteiger partial charge is 0.376 e. The van der Waals surface area contributed by atoms with Crippen molar-refractivity contribution in [3.63, 3.8) is 0 Å². The minimum atomic E-state index is -1.31. The number of amides is 4. The van der Waals surface area contributed by atoms with Crippen molar-refractivity contribution in [1.82, 2.24) is 20.1 Å². The van der Waals surface area contributed by atoms with Crippen LogP contribution in [-0.2, 0) is 26.3 Å². The lowest BCUT2D eigenvalue weighted by Crippen LogP contribution is -2.55. The van der Waals surface area contributed by atoms with E-state index < -0.39 is 23.2 Å². The third-order valence-electron chi connectivity index (χ3n) is 7.41. The average Bonchev–Trinajstić information content (AvgIpc) is 3.50. The summed E-state index contributed by atoms with van der Waals surface area (Å²) in [4.78, 5) is 47.1. The van der Waals surface area contributed by atoms with E-state index in [9.17, 15) is 23.2 Å². The summed E-state index contributed by atoms with van der Waals surface area (Å²) in [6, 6.07) is 8.26. The quantitative estimate of drug-likeness (QED) is 0.619. The molecule has 3 aliphatic rings. The summed E-state index contributed by atoms with van der Waals surface area (Å²) in [5.41, 5.74) is -0.439. The lowest BCUT2D eigenvalue weighted by atomic mass is 9.75. The molecule has 1 N–H and O–H groups in total. The fraction of sp³-hybridized carbons (Fsp3) is 0.462. The molecule has 1 aromatic carbocycles. The number of likely N-dealkylation sites (tertiary alicyclic amines) is 1. The Morgan fingerprint density at radius 3 is 2.58 bits per heavy atom. The maximum absolute atomic E-state index is 13.8. The smallest absolute Gasteiger partial charge is 0.325 e. The molecule has 0 spiro atoms. The molecule has 36 heavy (non-hydrogen) atoms. The van der Waals surface area contributed by atoms with Gasteiger partial charge < -0.3 is 15.0 Å². The van der Waals surface area contributed by atoms with Crippen molar-refractivity contribution < 1.29 is 27.9 Å². The van der Waals surface area contributed by atoms with Crippen molar-refractivity contribution in [2.45, 2.75) is 43.7 Å². The van der Waals surface area contributed by atoms with Crippen LogP contribution in [0.15, 0.2) is 42.6 Å². The molecule has 1 aromatic heterocycles. The second kappa shape index (κ2) is 9.93. The first kappa shape index (κ1) is 24.3. The number of ether oxygens (including phenoxy) is 1. The first-order valence-corrected chi connectivity index (χ1v) is 12.3. The highest BCUT2D eigenvalue weighted by molar-refractivity contribution is 6.07. The van der Waals surface area contributed by atoms with Gasteiger partial charge >= 0.3 is 6.03 Å². The Morgan fingerprint density at radius 2 is 1.92 bits per heavy atom. The van der Waals surface area contributed by atoms with Crippen LogP contribution < -0.4 is 5.32 Å². The molecule has 4 heterocycles. The Kier molecular flexibility index (Phi) is 6.70. The van der Waals surface area contributed by atoms with Gasteiger partial charge in [-0.2, -0.15) is 0 Å². The number of carbonyl (C=O) groups excluding carboxylic acids is 3. The number of nitrogens with zero attached hydrogens (tertiary/aromatic N) is 3. The highest BCUT2D eigenvalue weighted by Crippen LogP contribution is 2.41. The topological polar surface area (TPSA) is 91.8 Å². The number of imide groups is 1. The highest BCUT2D eigenvalue weighted by Gasteiger charge is 2.58. The third-order valence-corrected chi connectivity index (χ3v) is 7.41. The maximum Gasteiger partial charge on any atom is 0.325 e. The monoisotopic (exact) mass is 498 g/mol. The molecule has 2 aromatic rings. The molecule has 10 heteroatoms. The van der Waals surface area contributed by atoms with Crippen molar-refractivity contribution in [3.8, 4) is 0 Å². The zero-order chi connectivity index (χ0) is 25.3. The zero-order valence-electron chi connectivity index (χ0n) is 19.8. The van der Waals surface area contributed by atoms with Crippen LogP contribution in [0.25, 0.3) is 0 Å². The number of benzene rings is 1. The first-order chi connectivity index (χ1) is 17.4. The number of nitrogens with one attached hydrogen (secondary N) is 1. The summed E-state index contributed by atoms with van der Waals surface area (Å²) in [6.07, 6.45) is 4.02. The van der Waals surface area contributed by atoms with Crippen LogP contribution >= 0.6 is 0 Å². The summed E-state index contributed by atoms with van der Waals surface area (Å²) in [5.74, 6) is -2.75. The molecule has 190 valence electrons. The molecule has 8 nitrogen and oxygen atoms in total. The number of urea groups is 1. The zero-order valence-corrected chi connectivity index (χ0v) is 19.8. The van der Waals surface area contributed by atoms with E-state index in [2.05, 4.69) is 10.3 Å². The summed E-state index contributed by atoms with van der Waals surface area (Å²) in [5, 5.41) is 2.96. The first-order valence-electron chi connectivity index (χ1n) is 12.3. The Bertz CT molecular complexity index is 1150. The van der Waals surface area contributed by atoms with E-state index in [4.69, 9.17) is 4.74 Å². The predicted octanol–water partition coefficient (Wildman–Crippen LogP) is 2.77. The van der Waals surface area contributed by atoms with Gasteiger partial charge in [0, 0.05) is 31.8 Å². The second-order valence-corrected chi connectivity index (χ2v) is 9.58. The van der Waals surface area contributed by atoms with Crippen molar-refractivity contribution in [1.29, 1.82) is 0 Å². The van der Waals surface area contributed by atoms with Gasteiger partial charge in [0.05, 0.1) is 24.8 Å². The van der Waals surface area contributed by atoms with E-state index in [1.54, 1.807) is 29.3 Å². The van der Waals surface area contributed by atoms with E-state index in [0.717, 1.165) is 25.0 Å². The Hall–Kier alpha value is -3.40. The molecule has 0 unspecified atom stereocenters. The number of pyridine rings is 1. The van der Waals surface area contributed by atoms with Gasteiger partial charge in [0.15, 0.2) is 17.2 Å². The minimum Gasteiger partial charge on any atom is -0.376 e. The molecule has 0 saturated carbocycles. The van der Waals surface area contributed by atoms with Gasteiger partial charge in [-0.15, -0.1) is 0 Å². The summed E-state index contributed by atoms with van der Waals surface area (Å²) >= 11 is 0. The van der Waals surface area contributed by atoms with Gasteiger partial charge in [-0.25, -0.2) is 13.6 Å². The van der Waals surface area contributed by atoms with Gasteiger partial charge in [-0.05, 0) is 55.5 Å². The van der Waals surface area contributed by atoms with Crippen molar-refractivity contribution >= 4 is 17.8 Å². The van der Waals surface area contributed by atoms with Crippen LogP contribution in [0, 0.1) is 17.6 Å². The number of hydrogen-bond donors (Lipinski definition) is 1. The Morgan fingerprint density at radius 1 is 1.11 bits per heavy atom. The van der Waals surface area contributed by atoms with Crippen LogP contribution in [0.3, 0.4) is 0 Å². The normalized spacial score (nSPS) is 24.9. The molecule has 0 radical (unpaired) electrons. The SMILES string of the molecule is O=C(Cc1ccc(F)c(F)c1)N1CCC([C@@]2(c3ccccn3)NC(=O)N(C[C@H]3CCCO3)C2=O)CC1. The third kappa shape index (κ3) is 4.45. The molecule has 4 amide bonds. The molecule has 3 saturated heterocycles. The van der Waals surface area contributed by atoms with E-state index in [1.165, 1.54) is 11.0 Å². The van der Waals surface area contributed by atoms with Crippen LogP contribution in [0.4, 0.5) is 13.6 Å². The van der Waals surface area contributed by atoms with Gasteiger partial charge in [0.1, 0.15) is 0 Å². The maximum atomic E-state index is 13.8. The van der Waals surface area contributed by atoms with E-state index in [-0.39, 0.29) is 36.8 Å². The van der Waals surface area contributed by atoms with Gasteiger partial charge in [0.25, 0.3) is 5.91 Å². The fourth-order valence-corrected chi connectivity index (χ4v) is 5.51. The number of hydrogen-bond acceptors (Lipinski definition) is 5. The van der Waals surface area contributed by atoms with E-state index in [1.807, 2.05) is 0 Å². The molecule has 3 fully saturated rings. The van der Waals surface area contributed by atoms with Crippen LogP contribution in [-0.4, -0.2) is 65.0 Å². The Labute approximate surface area is 207 Å². The summed E-state index contributed by atoms with van der Waals surface area (Å²) in [6.45, 7) is 1.56. The number of piperidine rings is 1. The van der Waals surface area contributed by atoms with Gasteiger partial charge in [-0.3, -0.25) is 19.5 Å². The molecule has 5 rings (SSSR count). The van der Waals surface area contributed by atoms with Crippen LogP contribution in [0.5, 0.6) is 0 Å². The lowest BCUT2D eigenvalue weighted by molar-refractivity contribution is -0.137. The number of aromatic nitrogens is 1. The second-order valence-electron chi connectivity index (χ2n) is 9.58. The fourth-order valence-electron chi connectivity index (χ4n) is 5.51. The average molecular weight is 499 g/mol. The van der Waals surface area contributed by atoms with Crippen molar-refractivity contribution in [2.75, 3.05) is 26.2 Å². The number of halogens is 2. The van der Waals surface area contributed by atoms with Crippen molar-refractivity contribution in [3.05, 3.63) is 65.5 Å². The van der Waals surface area contributed by atoms with Gasteiger partial charge in [-0.1, -0.05) is 12.1 Å². The minimum absolute atomic E-state index is 0.0436. The molecule has 0 aliphatic carbocycles. The number of carbonyl (C=O) groups is 3. The summed E-state index contributed by atoms with van der Waals surface area (Å²) < 4.78 is 32.4. The summed E-state index contributed by atoms with van der Waals surface area (Å²) in [7, 11) is 0. The molecule has 3 aliphatic heterocycles. The van der Waals surface area contributed by atoms with Crippen molar-refractivity contribution in [2.24, 2.45) is 5.92 Å². The van der Waals surface area contributed by atoms with E-state index in [0.29, 0.717) is 43.8 Å². The molecular weight excluding hydrogens is 470 g/mol. The Balaban J connectivity index is 1.32. The van der Waals surface area contributed by atoms with Crippen LogP contribution in [0.2, 0.25) is 0 Å². The molecular formula is C26H28F2N4O4. The standard InChI is InChI=1S/C26H28F2N4O4/c27-20-7-6-17(14-21(20)28)15-23(33)31-11-8-18(9-12-31)26(22-5-1-2-10-29-22)24(34)32(25(35)30-26)16-19-4-3-13-36-19/h1-2,5-7,10,14,18-19H,3-4,8-9,11-13,15-16H2,(H,30,35)/t19-,26+/m1/s1. The predicted molar refractivity (Wildman–Crippen MR) is 124 cm³/mol. The molecule has 2 atom stereocenters. The van der Waals surface area contributed by atoms with Gasteiger partial charge in [0.2, 0.25) is 5.91 Å². The molecule has 0 bridgehead atoms.